The van der Waals surface area contributed by atoms with E-state index in [0.29, 0.717) is 53.9 Å². The van der Waals surface area contributed by atoms with Crippen LogP contribution < -0.4 is 15.8 Å². The molecule has 0 atom stereocenters. The number of nitrogens with one attached hydrogen (secondary N) is 1. The topological polar surface area (TPSA) is 100 Å². The summed E-state index contributed by atoms with van der Waals surface area (Å²) in [4.78, 5) is 45.6. The van der Waals surface area contributed by atoms with Crippen molar-refractivity contribution in [3.8, 4) is 5.69 Å². The summed E-state index contributed by atoms with van der Waals surface area (Å²) in [5.74, 6) is -0.103. The molecule has 1 N–H and O–H groups in total. The Balaban J connectivity index is 1.32. The van der Waals surface area contributed by atoms with Crippen molar-refractivity contribution in [1.82, 2.24) is 19.6 Å². The van der Waals surface area contributed by atoms with Gasteiger partial charge in [-0.05, 0) is 31.2 Å². The highest BCUT2D eigenvalue weighted by Gasteiger charge is 2.26. The van der Waals surface area contributed by atoms with Gasteiger partial charge >= 0.3 is 0 Å². The van der Waals surface area contributed by atoms with Gasteiger partial charge in [0, 0.05) is 52.4 Å². The van der Waals surface area contributed by atoms with Crippen LogP contribution in [0.2, 0.25) is 0 Å². The fourth-order valence-electron chi connectivity index (χ4n) is 4.72. The molecule has 200 valence electrons. The Bertz CT molecular complexity index is 1330. The Morgan fingerprint density at radius 2 is 1.68 bits per heavy atom. The molecule has 1 aromatic carbocycles. The Hall–Kier alpha value is -3.54. The number of nitrogens with zero attached hydrogens (tertiary/aromatic N) is 5. The number of hydrogen-bond donors (Lipinski definition) is 1. The van der Waals surface area contributed by atoms with Gasteiger partial charge in [-0.2, -0.15) is 9.78 Å². The van der Waals surface area contributed by atoms with Gasteiger partial charge in [0.15, 0.2) is 5.78 Å². The number of ketones is 1. The van der Waals surface area contributed by atoms with Gasteiger partial charge in [-0.25, -0.2) is 0 Å². The van der Waals surface area contributed by atoms with E-state index in [9.17, 15) is 14.4 Å². The average molecular weight is 537 g/mol. The van der Waals surface area contributed by atoms with E-state index in [1.807, 2.05) is 30.3 Å². The van der Waals surface area contributed by atoms with E-state index in [-0.39, 0.29) is 17.2 Å². The lowest BCUT2D eigenvalue weighted by Crippen LogP contribution is -2.49. The SMILES string of the molecule is CC(=O)c1ccc(C(=O)N2CCN(c3cnn(-c4ccccc4)c(=O)c3NCCN3CCOCC3)CC2)s1. The van der Waals surface area contributed by atoms with Gasteiger partial charge in [-0.3, -0.25) is 19.3 Å². The van der Waals surface area contributed by atoms with Crippen LogP contribution in [0.15, 0.2) is 53.5 Å². The van der Waals surface area contributed by atoms with Gasteiger partial charge in [0.25, 0.3) is 11.5 Å². The molecule has 0 aliphatic carbocycles. The van der Waals surface area contributed by atoms with E-state index in [2.05, 4.69) is 20.2 Å². The van der Waals surface area contributed by atoms with E-state index in [1.165, 1.54) is 22.9 Å². The minimum atomic E-state index is -0.204. The molecule has 0 unspecified atom stereocenters. The van der Waals surface area contributed by atoms with E-state index < -0.39 is 0 Å². The van der Waals surface area contributed by atoms with Crippen molar-refractivity contribution in [3.63, 3.8) is 0 Å². The zero-order chi connectivity index (χ0) is 26.5. The number of benzene rings is 1. The summed E-state index contributed by atoms with van der Waals surface area (Å²) in [6.45, 7) is 8.33. The Labute approximate surface area is 225 Å². The van der Waals surface area contributed by atoms with E-state index in [4.69, 9.17) is 4.74 Å². The fourth-order valence-corrected chi connectivity index (χ4v) is 5.59. The third kappa shape index (κ3) is 5.79. The second-order valence-electron chi connectivity index (χ2n) is 9.34. The van der Waals surface area contributed by atoms with Crippen LogP contribution in [0.25, 0.3) is 5.69 Å². The van der Waals surface area contributed by atoms with Gasteiger partial charge in [-0.15, -0.1) is 11.3 Å². The van der Waals surface area contributed by atoms with Crippen LogP contribution in [0.3, 0.4) is 0 Å². The number of ether oxygens (including phenoxy) is 1. The smallest absolute Gasteiger partial charge is 0.296 e. The molecule has 10 nitrogen and oxygen atoms in total. The number of carbonyl (C=O) groups is 2. The molecule has 0 bridgehead atoms. The molecule has 2 aromatic heterocycles. The summed E-state index contributed by atoms with van der Waals surface area (Å²) in [7, 11) is 0. The first-order valence-corrected chi connectivity index (χ1v) is 13.7. The summed E-state index contributed by atoms with van der Waals surface area (Å²) in [5.41, 5.74) is 1.76. The van der Waals surface area contributed by atoms with Crippen molar-refractivity contribution >= 4 is 34.4 Å². The number of amides is 1. The maximum atomic E-state index is 13.6. The number of morpholine rings is 1. The van der Waals surface area contributed by atoms with Crippen molar-refractivity contribution in [2.24, 2.45) is 0 Å². The molecule has 0 spiro atoms. The number of thiophene rings is 1. The number of hydrogen-bond acceptors (Lipinski definition) is 9. The first kappa shape index (κ1) is 26.1. The van der Waals surface area contributed by atoms with Crippen LogP contribution in [0, 0.1) is 0 Å². The third-order valence-electron chi connectivity index (χ3n) is 6.86. The number of anilines is 2. The first-order valence-electron chi connectivity index (χ1n) is 12.9. The second-order valence-corrected chi connectivity index (χ2v) is 10.4. The number of para-hydroxylation sites is 1. The van der Waals surface area contributed by atoms with Crippen molar-refractivity contribution in [1.29, 1.82) is 0 Å². The maximum absolute atomic E-state index is 13.6. The predicted octanol–water partition coefficient (Wildman–Crippen LogP) is 2.20. The lowest BCUT2D eigenvalue weighted by molar-refractivity contribution is 0.0398. The molecule has 2 saturated heterocycles. The molecular weight excluding hydrogens is 504 g/mol. The van der Waals surface area contributed by atoms with Crippen LogP contribution in [0.4, 0.5) is 11.4 Å². The predicted molar refractivity (Wildman–Crippen MR) is 148 cm³/mol. The van der Waals surface area contributed by atoms with Crippen LogP contribution in [-0.4, -0.2) is 96.8 Å². The minimum absolute atomic E-state index is 0.0368. The third-order valence-corrected chi connectivity index (χ3v) is 8.04. The Morgan fingerprint density at radius 3 is 2.37 bits per heavy atom. The average Bonchev–Trinajstić information content (AvgIpc) is 3.46. The fraction of sp³-hybridized carbons (Fsp3) is 0.407. The van der Waals surface area contributed by atoms with E-state index in [1.54, 1.807) is 23.2 Å². The highest BCUT2D eigenvalue weighted by atomic mass is 32.1. The summed E-state index contributed by atoms with van der Waals surface area (Å²) in [6, 6.07) is 12.8. The van der Waals surface area contributed by atoms with Crippen molar-refractivity contribution < 1.29 is 14.3 Å². The van der Waals surface area contributed by atoms with Gasteiger partial charge < -0.3 is 19.9 Å². The zero-order valence-electron chi connectivity index (χ0n) is 21.5. The van der Waals surface area contributed by atoms with Gasteiger partial charge in [-0.1, -0.05) is 18.2 Å². The molecule has 38 heavy (non-hydrogen) atoms. The lowest BCUT2D eigenvalue weighted by Gasteiger charge is -2.36. The quantitative estimate of drug-likeness (QED) is 0.438. The molecule has 11 heteroatoms. The number of piperazine rings is 1. The van der Waals surface area contributed by atoms with Crippen LogP contribution in [0.1, 0.15) is 26.3 Å². The molecule has 0 radical (unpaired) electrons. The molecule has 1 amide bonds. The highest BCUT2D eigenvalue weighted by molar-refractivity contribution is 7.15. The minimum Gasteiger partial charge on any atom is -0.379 e. The summed E-state index contributed by atoms with van der Waals surface area (Å²) in [5, 5.41) is 7.89. The number of carbonyl (C=O) groups excluding carboxylic acids is 2. The van der Waals surface area contributed by atoms with Crippen molar-refractivity contribution in [2.45, 2.75) is 6.92 Å². The summed E-state index contributed by atoms with van der Waals surface area (Å²) < 4.78 is 6.86. The van der Waals surface area contributed by atoms with Crippen LogP contribution in [0.5, 0.6) is 0 Å². The molecule has 2 aliphatic rings. The van der Waals surface area contributed by atoms with Crippen molar-refractivity contribution in [2.75, 3.05) is 75.8 Å². The highest BCUT2D eigenvalue weighted by Crippen LogP contribution is 2.25. The second kappa shape index (κ2) is 11.9. The number of rotatable bonds is 8. The molecular formula is C27H32N6O4S. The van der Waals surface area contributed by atoms with Gasteiger partial charge in [0.2, 0.25) is 0 Å². The molecule has 5 rings (SSSR count). The molecule has 4 heterocycles. The summed E-state index contributed by atoms with van der Waals surface area (Å²) in [6.07, 6.45) is 1.74. The van der Waals surface area contributed by atoms with E-state index in [0.717, 1.165) is 38.5 Å². The van der Waals surface area contributed by atoms with Gasteiger partial charge in [0.1, 0.15) is 5.69 Å². The lowest BCUT2D eigenvalue weighted by atomic mass is 10.2. The zero-order valence-corrected chi connectivity index (χ0v) is 22.3. The Kier molecular flexibility index (Phi) is 8.16. The number of Topliss-reactive ketones (excluding diaryl/α,β-unsaturated/α-hetero) is 1. The summed E-state index contributed by atoms with van der Waals surface area (Å²) >= 11 is 1.23. The molecule has 2 aliphatic heterocycles. The first-order chi connectivity index (χ1) is 18.5. The maximum Gasteiger partial charge on any atom is 0.296 e. The molecule has 3 aromatic rings. The van der Waals surface area contributed by atoms with Crippen molar-refractivity contribution in [3.05, 3.63) is 68.8 Å². The largest absolute Gasteiger partial charge is 0.379 e. The number of aromatic nitrogens is 2. The molecule has 0 saturated carbocycles. The van der Waals surface area contributed by atoms with Crippen LogP contribution >= 0.6 is 11.3 Å². The monoisotopic (exact) mass is 536 g/mol. The van der Waals surface area contributed by atoms with E-state index >= 15 is 0 Å². The van der Waals surface area contributed by atoms with Gasteiger partial charge in [0.05, 0.1) is 40.5 Å². The van der Waals surface area contributed by atoms with Crippen LogP contribution in [-0.2, 0) is 4.74 Å². The standard InChI is InChI=1S/C27H32N6O4S/c1-20(34)23-7-8-24(38-23)26(35)32-13-11-31(12-14-32)22-19-29-33(21-5-3-2-4-6-21)27(36)25(22)28-9-10-30-15-17-37-18-16-30/h2-8,19,28H,9-18H2,1H3. The normalized spacial score (nSPS) is 16.4. The molecule has 2 fully saturated rings. The Morgan fingerprint density at radius 1 is 0.974 bits per heavy atom.